The third kappa shape index (κ3) is 4.05. The molecule has 0 atom stereocenters. The molecule has 74 valence electrons. The van der Waals surface area contributed by atoms with E-state index in [0.29, 0.717) is 4.34 Å². The number of Topliss-reactive ketones (excluding diaryl/α,β-unsaturated/α-hetero) is 1. The Balaban J connectivity index is 0.000000165. The average Bonchev–Trinajstić information content (AvgIpc) is 2.74. The summed E-state index contributed by atoms with van der Waals surface area (Å²) >= 11 is 8.60. The van der Waals surface area contributed by atoms with Gasteiger partial charge >= 0.3 is 0 Å². The van der Waals surface area contributed by atoms with Crippen molar-refractivity contribution in [3.05, 3.63) is 44.2 Å². The number of rotatable bonds is 1. The van der Waals surface area contributed by atoms with Crippen molar-refractivity contribution in [1.82, 2.24) is 0 Å². The van der Waals surface area contributed by atoms with E-state index in [-0.39, 0.29) is 5.78 Å². The van der Waals surface area contributed by atoms with Gasteiger partial charge in [-0.05, 0) is 29.8 Å². The number of halogens is 1. The Morgan fingerprint density at radius 3 is 2.14 bits per heavy atom. The average molecular weight is 245 g/mol. The van der Waals surface area contributed by atoms with E-state index < -0.39 is 0 Å². The van der Waals surface area contributed by atoms with Gasteiger partial charge in [-0.15, -0.1) is 11.3 Å². The second kappa shape index (κ2) is 5.96. The molecule has 0 N–H and O–H groups in total. The summed E-state index contributed by atoms with van der Waals surface area (Å²) in [5.41, 5.74) is 0. The molecule has 4 heteroatoms. The summed E-state index contributed by atoms with van der Waals surface area (Å²) in [5, 5.41) is 4.08. The van der Waals surface area contributed by atoms with E-state index in [1.54, 1.807) is 23.5 Å². The highest BCUT2D eigenvalue weighted by Gasteiger charge is 2.00. The molecule has 14 heavy (non-hydrogen) atoms. The van der Waals surface area contributed by atoms with Gasteiger partial charge in [0.1, 0.15) is 0 Å². The first kappa shape index (κ1) is 11.4. The van der Waals surface area contributed by atoms with Gasteiger partial charge in [0.25, 0.3) is 0 Å². The SMILES string of the molecule is CC(=O)c1ccc(Cl)s1.c1ccsc1. The van der Waals surface area contributed by atoms with Crippen LogP contribution in [-0.2, 0) is 0 Å². The lowest BCUT2D eigenvalue weighted by Gasteiger charge is -1.80. The van der Waals surface area contributed by atoms with Crippen molar-refractivity contribution in [2.45, 2.75) is 6.92 Å². The minimum Gasteiger partial charge on any atom is -0.294 e. The maximum atomic E-state index is 10.6. The first-order chi connectivity index (χ1) is 6.70. The van der Waals surface area contributed by atoms with Crippen LogP contribution in [0.15, 0.2) is 35.0 Å². The van der Waals surface area contributed by atoms with Crippen LogP contribution < -0.4 is 0 Å². The van der Waals surface area contributed by atoms with Crippen molar-refractivity contribution in [2.75, 3.05) is 0 Å². The van der Waals surface area contributed by atoms with Crippen LogP contribution in [0.2, 0.25) is 4.34 Å². The van der Waals surface area contributed by atoms with Crippen LogP contribution in [0.3, 0.4) is 0 Å². The van der Waals surface area contributed by atoms with Gasteiger partial charge in [0.2, 0.25) is 0 Å². The largest absolute Gasteiger partial charge is 0.294 e. The first-order valence-corrected chi connectivity index (χ1v) is 6.07. The molecule has 2 rings (SSSR count). The maximum Gasteiger partial charge on any atom is 0.169 e. The molecule has 2 heterocycles. The quantitative estimate of drug-likeness (QED) is 0.682. The van der Waals surface area contributed by atoms with Crippen LogP contribution in [-0.4, -0.2) is 5.78 Å². The highest BCUT2D eigenvalue weighted by molar-refractivity contribution is 7.18. The fourth-order valence-corrected chi connectivity index (χ4v) is 2.12. The van der Waals surface area contributed by atoms with Gasteiger partial charge in [-0.2, -0.15) is 11.3 Å². The van der Waals surface area contributed by atoms with Crippen molar-refractivity contribution in [3.8, 4) is 0 Å². The molecule has 0 saturated carbocycles. The molecule has 0 unspecified atom stereocenters. The van der Waals surface area contributed by atoms with Crippen LogP contribution in [0, 0.1) is 0 Å². The smallest absolute Gasteiger partial charge is 0.169 e. The molecule has 0 fully saturated rings. The zero-order valence-corrected chi connectivity index (χ0v) is 9.96. The van der Waals surface area contributed by atoms with Gasteiger partial charge in [0.15, 0.2) is 5.78 Å². The standard InChI is InChI=1S/C6H5ClOS.C4H4S/c1-4(8)5-2-3-6(7)9-5;1-2-4-5-3-1/h2-3H,1H3;1-4H. The van der Waals surface area contributed by atoms with E-state index in [1.165, 1.54) is 18.3 Å². The maximum absolute atomic E-state index is 10.6. The molecule has 0 spiro atoms. The van der Waals surface area contributed by atoms with Crippen molar-refractivity contribution in [1.29, 1.82) is 0 Å². The lowest BCUT2D eigenvalue weighted by molar-refractivity contribution is 0.102. The summed E-state index contributed by atoms with van der Waals surface area (Å²) in [7, 11) is 0. The lowest BCUT2D eigenvalue weighted by Crippen LogP contribution is -1.83. The van der Waals surface area contributed by atoms with Gasteiger partial charge in [-0.1, -0.05) is 23.7 Å². The van der Waals surface area contributed by atoms with Crippen molar-refractivity contribution >= 4 is 40.1 Å². The monoisotopic (exact) mass is 244 g/mol. The number of ketones is 1. The molecular formula is C10H9ClOS2. The molecule has 0 bridgehead atoms. The molecule has 0 aliphatic heterocycles. The second-order valence-electron chi connectivity index (χ2n) is 2.45. The lowest BCUT2D eigenvalue weighted by atomic mass is 10.4. The fourth-order valence-electron chi connectivity index (χ4n) is 0.730. The van der Waals surface area contributed by atoms with Crippen LogP contribution in [0.25, 0.3) is 0 Å². The Morgan fingerprint density at radius 1 is 1.29 bits per heavy atom. The van der Waals surface area contributed by atoms with E-state index in [4.69, 9.17) is 11.6 Å². The molecule has 0 aliphatic rings. The van der Waals surface area contributed by atoms with Gasteiger partial charge in [-0.25, -0.2) is 0 Å². The van der Waals surface area contributed by atoms with Crippen LogP contribution in [0.1, 0.15) is 16.6 Å². The molecule has 2 aromatic rings. The van der Waals surface area contributed by atoms with Crippen LogP contribution in [0.5, 0.6) is 0 Å². The number of carbonyl (C=O) groups excluding carboxylic acids is 1. The van der Waals surface area contributed by atoms with Gasteiger partial charge in [0.05, 0.1) is 9.21 Å². The van der Waals surface area contributed by atoms with E-state index in [0.717, 1.165) is 4.88 Å². The minimum atomic E-state index is 0.0758. The number of hydrogen-bond donors (Lipinski definition) is 0. The molecule has 1 nitrogen and oxygen atoms in total. The zero-order valence-electron chi connectivity index (χ0n) is 7.57. The molecule has 0 aromatic carbocycles. The molecule has 0 saturated heterocycles. The van der Waals surface area contributed by atoms with Crippen molar-refractivity contribution in [3.63, 3.8) is 0 Å². The van der Waals surface area contributed by atoms with Gasteiger partial charge in [0, 0.05) is 0 Å². The van der Waals surface area contributed by atoms with Gasteiger partial charge < -0.3 is 0 Å². The van der Waals surface area contributed by atoms with E-state index >= 15 is 0 Å². The number of thiophene rings is 2. The normalized spacial score (nSPS) is 9.00. The summed E-state index contributed by atoms with van der Waals surface area (Å²) in [5.74, 6) is 0.0758. The summed E-state index contributed by atoms with van der Waals surface area (Å²) in [6, 6.07) is 7.49. The third-order valence-electron chi connectivity index (χ3n) is 1.35. The van der Waals surface area contributed by atoms with Crippen LogP contribution in [0.4, 0.5) is 0 Å². The number of hydrogen-bond acceptors (Lipinski definition) is 3. The van der Waals surface area contributed by atoms with Gasteiger partial charge in [-0.3, -0.25) is 4.79 Å². The van der Waals surface area contributed by atoms with E-state index in [2.05, 4.69) is 0 Å². The molecule has 2 aromatic heterocycles. The van der Waals surface area contributed by atoms with Crippen LogP contribution >= 0.6 is 34.3 Å². The zero-order chi connectivity index (χ0) is 10.4. The Morgan fingerprint density at radius 2 is 1.93 bits per heavy atom. The van der Waals surface area contributed by atoms with Crippen molar-refractivity contribution < 1.29 is 4.79 Å². The highest BCUT2D eigenvalue weighted by Crippen LogP contribution is 2.21. The first-order valence-electron chi connectivity index (χ1n) is 3.93. The molecule has 0 aliphatic carbocycles. The Kier molecular flexibility index (Phi) is 4.87. The van der Waals surface area contributed by atoms with Crippen molar-refractivity contribution in [2.24, 2.45) is 0 Å². The molecular weight excluding hydrogens is 236 g/mol. The Bertz CT molecular complexity index is 361. The molecule has 0 radical (unpaired) electrons. The predicted octanol–water partition coefficient (Wildman–Crippen LogP) is 4.35. The topological polar surface area (TPSA) is 17.1 Å². The number of carbonyl (C=O) groups is 1. The summed E-state index contributed by atoms with van der Waals surface area (Å²) in [4.78, 5) is 11.3. The minimum absolute atomic E-state index is 0.0758. The highest BCUT2D eigenvalue weighted by atomic mass is 35.5. The van der Waals surface area contributed by atoms with E-state index in [9.17, 15) is 4.79 Å². The summed E-state index contributed by atoms with van der Waals surface area (Å²) < 4.78 is 0.667. The predicted molar refractivity (Wildman–Crippen MR) is 63.7 cm³/mol. The Hall–Kier alpha value is -0.640. The third-order valence-corrected chi connectivity index (χ3v) is 3.31. The Labute approximate surface area is 96.0 Å². The molecule has 0 amide bonds. The summed E-state index contributed by atoms with van der Waals surface area (Å²) in [6.45, 7) is 1.53. The fraction of sp³-hybridized carbons (Fsp3) is 0.100. The second-order valence-corrected chi connectivity index (χ2v) is 4.98. The van der Waals surface area contributed by atoms with E-state index in [1.807, 2.05) is 22.9 Å². The summed E-state index contributed by atoms with van der Waals surface area (Å²) in [6.07, 6.45) is 0.